The number of carboxylic acids is 1. The first-order valence-electron chi connectivity index (χ1n) is 5.56. The number of carbonyl (C=O) groups is 2. The number of benzene rings is 1. The maximum Gasteiger partial charge on any atom is 0.331 e. The molecule has 0 fully saturated rings. The van der Waals surface area contributed by atoms with Crippen LogP contribution in [0.15, 0.2) is 23.1 Å². The van der Waals surface area contributed by atoms with Gasteiger partial charge in [-0.3, -0.25) is 9.63 Å². The molecule has 0 aliphatic carbocycles. The van der Waals surface area contributed by atoms with Gasteiger partial charge < -0.3 is 10.0 Å². The molecule has 2 rings (SSSR count). The summed E-state index contributed by atoms with van der Waals surface area (Å²) in [5.41, 5.74) is 1.25. The van der Waals surface area contributed by atoms with E-state index >= 15 is 0 Å². The van der Waals surface area contributed by atoms with Crippen LogP contribution in [0, 0.1) is 0 Å². The van der Waals surface area contributed by atoms with Crippen LogP contribution in [0.3, 0.4) is 0 Å². The summed E-state index contributed by atoms with van der Waals surface area (Å²) in [6.07, 6.45) is 0.130. The Morgan fingerprint density at radius 1 is 1.50 bits per heavy atom. The first-order chi connectivity index (χ1) is 9.31. The van der Waals surface area contributed by atoms with Gasteiger partial charge in [0.2, 0.25) is 5.91 Å². The van der Waals surface area contributed by atoms with Crippen molar-refractivity contribution in [2.24, 2.45) is 0 Å². The highest BCUT2D eigenvalue weighted by atomic mass is 32.2. The Kier molecular flexibility index (Phi) is 3.75. The average Bonchev–Trinajstić information content (AvgIpc) is 2.64. The van der Waals surface area contributed by atoms with Crippen LogP contribution in [0.25, 0.3) is 0 Å². The third-order valence-electron chi connectivity index (χ3n) is 2.80. The van der Waals surface area contributed by atoms with Gasteiger partial charge in [-0.2, -0.15) is 0 Å². The van der Waals surface area contributed by atoms with Crippen molar-refractivity contribution in [3.8, 4) is 0 Å². The standard InChI is InChI=1S/C11H12N2O6S/c1-13-9-3-2-8(4-7(9)5-10(13)14)20(17,18)12-19-6-11(15)16/h2-4,12H,5-6H2,1H3,(H,15,16). The highest BCUT2D eigenvalue weighted by molar-refractivity contribution is 7.89. The van der Waals surface area contributed by atoms with Gasteiger partial charge in [-0.25, -0.2) is 13.2 Å². The minimum absolute atomic E-state index is 0.0928. The Labute approximate surface area is 115 Å². The molecule has 108 valence electrons. The summed E-state index contributed by atoms with van der Waals surface area (Å²) in [7, 11) is -2.37. The van der Waals surface area contributed by atoms with Crippen LogP contribution in [0.5, 0.6) is 0 Å². The molecule has 0 unspecified atom stereocenters. The number of nitrogens with zero attached hydrogens (tertiary/aromatic N) is 1. The number of sulfonamides is 1. The number of hydrogen-bond donors (Lipinski definition) is 2. The summed E-state index contributed by atoms with van der Waals surface area (Å²) >= 11 is 0. The van der Waals surface area contributed by atoms with Crippen molar-refractivity contribution in [1.29, 1.82) is 0 Å². The fraction of sp³-hybridized carbons (Fsp3) is 0.273. The van der Waals surface area contributed by atoms with E-state index in [1.807, 2.05) is 0 Å². The summed E-state index contributed by atoms with van der Waals surface area (Å²) in [6, 6.07) is 4.20. The highest BCUT2D eigenvalue weighted by Gasteiger charge is 2.26. The lowest BCUT2D eigenvalue weighted by molar-refractivity contribution is -0.143. The maximum atomic E-state index is 11.8. The molecule has 9 heteroatoms. The minimum atomic E-state index is -3.98. The van der Waals surface area contributed by atoms with Crippen LogP contribution in [-0.2, 0) is 30.9 Å². The van der Waals surface area contributed by atoms with E-state index in [-0.39, 0.29) is 17.2 Å². The Bertz CT molecular complexity index is 669. The number of carboxylic acid groups (broad SMARTS) is 1. The number of aliphatic carboxylic acids is 1. The van der Waals surface area contributed by atoms with E-state index in [0.29, 0.717) is 11.3 Å². The average molecular weight is 300 g/mol. The van der Waals surface area contributed by atoms with Crippen LogP contribution < -0.4 is 9.79 Å². The zero-order chi connectivity index (χ0) is 14.9. The van der Waals surface area contributed by atoms with Gasteiger partial charge in [-0.1, -0.05) is 4.89 Å². The van der Waals surface area contributed by atoms with Gasteiger partial charge in [0.1, 0.15) is 0 Å². The van der Waals surface area contributed by atoms with Crippen molar-refractivity contribution in [2.45, 2.75) is 11.3 Å². The fourth-order valence-corrected chi connectivity index (χ4v) is 2.69. The SMILES string of the molecule is CN1C(=O)Cc2cc(S(=O)(=O)NOCC(=O)O)ccc21. The molecule has 0 bridgehead atoms. The van der Waals surface area contributed by atoms with E-state index in [2.05, 4.69) is 4.84 Å². The Hall–Kier alpha value is -1.97. The number of rotatable bonds is 5. The Morgan fingerprint density at radius 2 is 2.20 bits per heavy atom. The number of likely N-dealkylation sites (N-methyl/N-ethyl adjacent to an activating group) is 1. The number of carbonyl (C=O) groups excluding carboxylic acids is 1. The molecule has 0 aromatic heterocycles. The van der Waals surface area contributed by atoms with E-state index in [4.69, 9.17) is 5.11 Å². The van der Waals surface area contributed by atoms with E-state index in [1.165, 1.54) is 23.1 Å². The molecule has 20 heavy (non-hydrogen) atoms. The lowest BCUT2D eigenvalue weighted by Crippen LogP contribution is -2.27. The third kappa shape index (κ3) is 2.79. The van der Waals surface area contributed by atoms with Gasteiger partial charge in [0.15, 0.2) is 6.61 Å². The number of nitrogens with one attached hydrogen (secondary N) is 1. The number of fused-ring (bicyclic) bond motifs is 1. The van der Waals surface area contributed by atoms with Gasteiger partial charge in [0, 0.05) is 12.7 Å². The van der Waals surface area contributed by atoms with Crippen LogP contribution in [0.4, 0.5) is 5.69 Å². The molecule has 0 radical (unpaired) electrons. The second-order valence-electron chi connectivity index (χ2n) is 4.19. The van der Waals surface area contributed by atoms with E-state index in [1.54, 1.807) is 11.9 Å². The normalized spacial score (nSPS) is 14.4. The van der Waals surface area contributed by atoms with E-state index in [0.717, 1.165) is 0 Å². The van der Waals surface area contributed by atoms with Crippen LogP contribution >= 0.6 is 0 Å². The molecule has 1 aliphatic rings. The first kappa shape index (κ1) is 14.4. The number of hydrogen-bond acceptors (Lipinski definition) is 5. The van der Waals surface area contributed by atoms with Crippen LogP contribution in [0.1, 0.15) is 5.56 Å². The van der Waals surface area contributed by atoms with Gasteiger partial charge in [-0.15, -0.1) is 0 Å². The highest BCUT2D eigenvalue weighted by Crippen LogP contribution is 2.29. The smallest absolute Gasteiger partial charge is 0.331 e. The van der Waals surface area contributed by atoms with Crippen molar-refractivity contribution >= 4 is 27.6 Å². The summed E-state index contributed by atoms with van der Waals surface area (Å²) in [6.45, 7) is -0.786. The molecule has 0 spiro atoms. The molecule has 1 aromatic carbocycles. The number of anilines is 1. The first-order valence-corrected chi connectivity index (χ1v) is 7.04. The van der Waals surface area contributed by atoms with Crippen molar-refractivity contribution in [3.05, 3.63) is 23.8 Å². The molecule has 1 aliphatic heterocycles. The summed E-state index contributed by atoms with van der Waals surface area (Å²) in [5, 5.41) is 8.36. The molecule has 8 nitrogen and oxygen atoms in total. The Morgan fingerprint density at radius 3 is 2.85 bits per heavy atom. The second-order valence-corrected chi connectivity index (χ2v) is 5.83. The van der Waals surface area contributed by atoms with E-state index < -0.39 is 22.6 Å². The quantitative estimate of drug-likeness (QED) is 0.709. The summed E-state index contributed by atoms with van der Waals surface area (Å²) in [5.74, 6) is -1.42. The monoisotopic (exact) mass is 300 g/mol. The summed E-state index contributed by atoms with van der Waals surface area (Å²) in [4.78, 5) is 29.2. The van der Waals surface area contributed by atoms with Crippen molar-refractivity contribution in [2.75, 3.05) is 18.6 Å². The lowest BCUT2D eigenvalue weighted by Gasteiger charge is -2.11. The lowest BCUT2D eigenvalue weighted by atomic mass is 10.2. The second kappa shape index (κ2) is 5.19. The zero-order valence-corrected chi connectivity index (χ0v) is 11.3. The maximum absolute atomic E-state index is 11.8. The van der Waals surface area contributed by atoms with Crippen LogP contribution in [-0.4, -0.2) is 39.1 Å². The zero-order valence-electron chi connectivity index (χ0n) is 10.5. The predicted molar refractivity (Wildman–Crippen MR) is 67.5 cm³/mol. The topological polar surface area (TPSA) is 113 Å². The minimum Gasteiger partial charge on any atom is -0.479 e. The third-order valence-corrected chi connectivity index (χ3v) is 4.01. The van der Waals surface area contributed by atoms with Crippen molar-refractivity contribution in [1.82, 2.24) is 4.89 Å². The largest absolute Gasteiger partial charge is 0.479 e. The fourth-order valence-electron chi connectivity index (χ4n) is 1.83. The van der Waals surface area contributed by atoms with Gasteiger partial charge in [0.05, 0.1) is 11.3 Å². The number of amides is 1. The molecular weight excluding hydrogens is 288 g/mol. The van der Waals surface area contributed by atoms with Gasteiger partial charge in [0.25, 0.3) is 10.0 Å². The molecule has 2 N–H and O–H groups in total. The van der Waals surface area contributed by atoms with Crippen molar-refractivity contribution < 1.29 is 28.0 Å². The molecule has 1 amide bonds. The Balaban J connectivity index is 2.20. The van der Waals surface area contributed by atoms with Gasteiger partial charge in [-0.05, 0) is 23.8 Å². The molecule has 0 saturated heterocycles. The predicted octanol–water partition coefficient (Wildman–Crippen LogP) is -0.500. The molecule has 1 aromatic rings. The van der Waals surface area contributed by atoms with Gasteiger partial charge >= 0.3 is 5.97 Å². The molecular formula is C11H12N2O6S. The van der Waals surface area contributed by atoms with E-state index in [9.17, 15) is 18.0 Å². The van der Waals surface area contributed by atoms with Crippen molar-refractivity contribution in [3.63, 3.8) is 0 Å². The van der Waals surface area contributed by atoms with Crippen LogP contribution in [0.2, 0.25) is 0 Å². The molecule has 1 heterocycles. The molecule has 0 atom stereocenters. The molecule has 0 saturated carbocycles. The summed E-state index contributed by atoms with van der Waals surface area (Å²) < 4.78 is 23.7.